The van der Waals surface area contributed by atoms with Crippen LogP contribution in [0.3, 0.4) is 0 Å². The van der Waals surface area contributed by atoms with Crippen LogP contribution in [0.1, 0.15) is 71.8 Å². The Morgan fingerprint density at radius 2 is 1.62 bits per heavy atom. The molecule has 0 bridgehead atoms. The summed E-state index contributed by atoms with van der Waals surface area (Å²) in [4.78, 5) is 94.9. The van der Waals surface area contributed by atoms with Gasteiger partial charge in [0.05, 0.1) is 12.6 Å². The molecule has 292 valence electrons. The van der Waals surface area contributed by atoms with E-state index in [1.807, 2.05) is 38.1 Å². The third-order valence-electron chi connectivity index (χ3n) is 9.06. The lowest BCUT2D eigenvalue weighted by molar-refractivity contribution is -0.141. The van der Waals surface area contributed by atoms with Gasteiger partial charge in [-0.05, 0) is 76.5 Å². The number of rotatable bonds is 20. The zero-order valence-corrected chi connectivity index (χ0v) is 30.9. The monoisotopic (exact) mass is 741 g/mol. The standard InChI is InChI=1S/C36H55N9O8/c1-20(2)16-27(32(48)40-19-30(46)42-28(36(52)53)17-23-18-39-25-11-6-5-10-24(23)25)44-31(47)22(4)41-33(49)26(12-7-8-14-37)43-34(50)29-13-9-15-45(29)35(51)21(3)38/h5-6,10-11,18,20-22,26-29,39H,7-9,12-17,19,37-38H2,1-4H3,(H,40,48)(H,41,49)(H,42,46)(H,43,50)(H,44,47)(H,52,53)/t21-,22-,26-,27-,28-,29-/m0/s1. The molecule has 3 rings (SSSR count). The Hall–Kier alpha value is -5.03. The van der Waals surface area contributed by atoms with Crippen molar-refractivity contribution >= 4 is 52.3 Å². The maximum Gasteiger partial charge on any atom is 0.326 e. The number of para-hydroxylation sites is 1. The summed E-state index contributed by atoms with van der Waals surface area (Å²) in [5.41, 5.74) is 12.9. The Kier molecular flexibility index (Phi) is 16.2. The smallest absolute Gasteiger partial charge is 0.326 e. The highest BCUT2D eigenvalue weighted by Crippen LogP contribution is 2.20. The Morgan fingerprint density at radius 3 is 2.28 bits per heavy atom. The van der Waals surface area contributed by atoms with Crippen molar-refractivity contribution < 1.29 is 38.7 Å². The normalized spacial score (nSPS) is 17.0. The number of likely N-dealkylation sites (tertiary alicyclic amines) is 1. The highest BCUT2D eigenvalue weighted by atomic mass is 16.4. The van der Waals surface area contributed by atoms with E-state index in [0.717, 1.165) is 10.9 Å². The summed E-state index contributed by atoms with van der Waals surface area (Å²) in [6.07, 6.45) is 4.29. The van der Waals surface area contributed by atoms with Crippen molar-refractivity contribution in [1.29, 1.82) is 0 Å². The molecule has 0 spiro atoms. The molecule has 0 aliphatic carbocycles. The number of hydrogen-bond acceptors (Lipinski definition) is 9. The second kappa shape index (κ2) is 20.3. The van der Waals surface area contributed by atoms with E-state index in [9.17, 15) is 38.7 Å². The maximum absolute atomic E-state index is 13.4. The lowest BCUT2D eigenvalue weighted by atomic mass is 10.0. The molecular formula is C36H55N9O8. The van der Waals surface area contributed by atoms with Crippen molar-refractivity contribution in [3.8, 4) is 0 Å². The maximum atomic E-state index is 13.4. The molecule has 6 atom stereocenters. The van der Waals surface area contributed by atoms with Gasteiger partial charge in [-0.15, -0.1) is 0 Å². The van der Waals surface area contributed by atoms with E-state index in [-0.39, 0.29) is 31.1 Å². The largest absolute Gasteiger partial charge is 0.480 e. The molecule has 1 aliphatic heterocycles. The summed E-state index contributed by atoms with van der Waals surface area (Å²) < 4.78 is 0. The van der Waals surface area contributed by atoms with E-state index < -0.39 is 78.3 Å². The van der Waals surface area contributed by atoms with Crippen molar-refractivity contribution in [3.05, 3.63) is 36.0 Å². The van der Waals surface area contributed by atoms with Crippen LogP contribution in [0.25, 0.3) is 10.9 Å². The Balaban J connectivity index is 1.59. The quantitative estimate of drug-likeness (QED) is 0.0777. The topological polar surface area (TPSA) is 271 Å². The van der Waals surface area contributed by atoms with Gasteiger partial charge in [0.2, 0.25) is 35.4 Å². The molecule has 17 heteroatoms. The van der Waals surface area contributed by atoms with Gasteiger partial charge in [-0.25, -0.2) is 4.79 Å². The molecular weight excluding hydrogens is 686 g/mol. The number of hydrogen-bond donors (Lipinski definition) is 9. The van der Waals surface area contributed by atoms with E-state index in [4.69, 9.17) is 11.5 Å². The van der Waals surface area contributed by atoms with Crippen LogP contribution in [0.5, 0.6) is 0 Å². The number of amides is 6. The minimum atomic E-state index is -1.26. The number of carbonyl (C=O) groups is 7. The summed E-state index contributed by atoms with van der Waals surface area (Å²) in [7, 11) is 0. The molecule has 0 unspecified atom stereocenters. The van der Waals surface area contributed by atoms with Gasteiger partial charge in [0.15, 0.2) is 0 Å². The SMILES string of the molecule is CC(C)C[C@H](NC(=O)[C@H](C)NC(=O)[C@H](CCCCN)NC(=O)[C@@H]1CCCN1C(=O)[C@H](C)N)C(=O)NCC(=O)N[C@@H](Cc1c[nH]c2ccccc12)C(=O)O. The van der Waals surface area contributed by atoms with Crippen molar-refractivity contribution in [2.24, 2.45) is 17.4 Å². The van der Waals surface area contributed by atoms with E-state index in [2.05, 4.69) is 31.6 Å². The molecule has 1 aliphatic rings. The van der Waals surface area contributed by atoms with Gasteiger partial charge < -0.3 is 53.0 Å². The van der Waals surface area contributed by atoms with Crippen molar-refractivity contribution in [1.82, 2.24) is 36.5 Å². The van der Waals surface area contributed by atoms with Gasteiger partial charge in [-0.3, -0.25) is 28.8 Å². The first-order chi connectivity index (χ1) is 25.1. The van der Waals surface area contributed by atoms with Gasteiger partial charge in [0.25, 0.3) is 0 Å². The van der Waals surface area contributed by atoms with Crippen LogP contribution < -0.4 is 38.1 Å². The van der Waals surface area contributed by atoms with Crippen LogP contribution >= 0.6 is 0 Å². The van der Waals surface area contributed by atoms with E-state index >= 15 is 0 Å². The first kappa shape index (κ1) is 42.4. The lowest BCUT2D eigenvalue weighted by Gasteiger charge is -2.28. The summed E-state index contributed by atoms with van der Waals surface area (Å²) in [5.74, 6) is -4.84. The Morgan fingerprint density at radius 1 is 0.906 bits per heavy atom. The van der Waals surface area contributed by atoms with E-state index in [1.165, 1.54) is 11.8 Å². The molecule has 0 radical (unpaired) electrons. The molecule has 6 amide bonds. The van der Waals surface area contributed by atoms with E-state index in [1.54, 1.807) is 13.1 Å². The first-order valence-corrected chi connectivity index (χ1v) is 18.1. The fourth-order valence-electron chi connectivity index (χ4n) is 6.23. The summed E-state index contributed by atoms with van der Waals surface area (Å²) in [6, 6.07) is 1.34. The number of nitrogens with one attached hydrogen (secondary N) is 6. The highest BCUT2D eigenvalue weighted by molar-refractivity contribution is 5.96. The first-order valence-electron chi connectivity index (χ1n) is 18.1. The molecule has 1 aromatic heterocycles. The van der Waals surface area contributed by atoms with Crippen molar-refractivity contribution in [3.63, 3.8) is 0 Å². The van der Waals surface area contributed by atoms with Crippen LogP contribution in [-0.2, 0) is 40.0 Å². The molecule has 0 saturated carbocycles. The van der Waals surface area contributed by atoms with Gasteiger partial charge in [-0.2, -0.15) is 0 Å². The van der Waals surface area contributed by atoms with Crippen molar-refractivity contribution in [2.45, 2.75) is 109 Å². The average molecular weight is 742 g/mol. The fraction of sp³-hybridized carbons (Fsp3) is 0.583. The predicted octanol–water partition coefficient (Wildman–Crippen LogP) is -0.616. The Bertz CT molecular complexity index is 1610. The van der Waals surface area contributed by atoms with Gasteiger partial charge in [0.1, 0.15) is 30.2 Å². The van der Waals surface area contributed by atoms with Gasteiger partial charge in [0, 0.05) is 30.1 Å². The molecule has 11 N–H and O–H groups in total. The minimum absolute atomic E-state index is 0.0124. The molecule has 2 aromatic rings. The second-order valence-corrected chi connectivity index (χ2v) is 14.0. The second-order valence-electron chi connectivity index (χ2n) is 14.0. The number of aromatic nitrogens is 1. The number of aliphatic carboxylic acids is 1. The zero-order valence-electron chi connectivity index (χ0n) is 30.9. The Labute approximate surface area is 309 Å². The molecule has 1 fully saturated rings. The number of carboxylic acids is 1. The summed E-state index contributed by atoms with van der Waals surface area (Å²) >= 11 is 0. The summed E-state index contributed by atoms with van der Waals surface area (Å²) in [5, 5.41) is 23.5. The third kappa shape index (κ3) is 12.6. The number of aromatic amines is 1. The molecule has 1 saturated heterocycles. The molecule has 2 heterocycles. The van der Waals surface area contributed by atoms with Crippen LogP contribution in [0.4, 0.5) is 0 Å². The number of carbonyl (C=O) groups excluding carboxylic acids is 6. The van der Waals surface area contributed by atoms with Crippen molar-refractivity contribution in [2.75, 3.05) is 19.6 Å². The number of H-pyrrole nitrogens is 1. The number of carboxylic acid groups (broad SMARTS) is 1. The fourth-order valence-corrected chi connectivity index (χ4v) is 6.23. The molecule has 17 nitrogen and oxygen atoms in total. The lowest BCUT2D eigenvalue weighted by Crippen LogP contribution is -2.58. The van der Waals surface area contributed by atoms with E-state index in [0.29, 0.717) is 44.3 Å². The van der Waals surface area contributed by atoms with Crippen LogP contribution in [0.2, 0.25) is 0 Å². The van der Waals surface area contributed by atoms with Crippen LogP contribution in [0.15, 0.2) is 30.5 Å². The van der Waals surface area contributed by atoms with Crippen LogP contribution in [-0.4, -0.2) is 112 Å². The predicted molar refractivity (Wildman–Crippen MR) is 197 cm³/mol. The minimum Gasteiger partial charge on any atom is -0.480 e. The van der Waals surface area contributed by atoms with Crippen LogP contribution in [0, 0.1) is 5.92 Å². The number of benzene rings is 1. The summed E-state index contributed by atoms with van der Waals surface area (Å²) in [6.45, 7) is 6.89. The number of fused-ring (bicyclic) bond motifs is 1. The third-order valence-corrected chi connectivity index (χ3v) is 9.06. The highest BCUT2D eigenvalue weighted by Gasteiger charge is 2.37. The number of nitrogens with zero attached hydrogens (tertiary/aromatic N) is 1. The van der Waals surface area contributed by atoms with Gasteiger partial charge >= 0.3 is 5.97 Å². The number of nitrogens with two attached hydrogens (primary N) is 2. The average Bonchev–Trinajstić information content (AvgIpc) is 3.76. The number of unbranched alkanes of at least 4 members (excludes halogenated alkanes) is 1. The molecule has 53 heavy (non-hydrogen) atoms. The molecule has 1 aromatic carbocycles. The zero-order chi connectivity index (χ0) is 39.2. The van der Waals surface area contributed by atoms with Gasteiger partial charge in [-0.1, -0.05) is 32.0 Å².